The van der Waals surface area contributed by atoms with Gasteiger partial charge in [-0.1, -0.05) is 139 Å². The van der Waals surface area contributed by atoms with Gasteiger partial charge in [0.15, 0.2) is 0 Å². The monoisotopic (exact) mass is 732 g/mol. The first-order valence-electron chi connectivity index (χ1n) is 21.1. The van der Waals surface area contributed by atoms with Gasteiger partial charge in [0.25, 0.3) is 0 Å². The summed E-state index contributed by atoms with van der Waals surface area (Å²) in [6.45, 7) is 0. The third kappa shape index (κ3) is 5.76. The second-order valence-corrected chi connectivity index (χ2v) is 14.2. The molecule has 11 aromatic rings. The molecule has 0 N–H and O–H groups in total. The predicted molar refractivity (Wildman–Crippen MR) is 239 cm³/mol. The number of nitrogens with zero attached hydrogens (tertiary/aromatic N) is 2. The van der Waals surface area contributed by atoms with E-state index in [1.54, 1.807) is 0 Å². The number of benzene rings is 9. The molecular weight excluding hydrogens is 693 g/mol. The van der Waals surface area contributed by atoms with Crippen LogP contribution in [0.1, 0.15) is 5.48 Å². The molecule has 3 nitrogen and oxygen atoms in total. The van der Waals surface area contributed by atoms with Crippen LogP contribution in [-0.4, -0.2) is 4.57 Å². The quantitative estimate of drug-likeness (QED) is 0.163. The van der Waals surface area contributed by atoms with E-state index in [2.05, 4.69) is 65.2 Å². The maximum Gasteiger partial charge on any atom is 0.136 e. The molecule has 0 saturated carbocycles. The van der Waals surface area contributed by atoms with Crippen LogP contribution in [-0.2, 0) is 0 Å². The van der Waals surface area contributed by atoms with Crippen molar-refractivity contribution in [2.75, 3.05) is 4.90 Å². The first-order valence-corrected chi connectivity index (χ1v) is 19.1. The van der Waals surface area contributed by atoms with Crippen LogP contribution in [0.2, 0.25) is 0 Å². The maximum atomic E-state index is 9.59. The van der Waals surface area contributed by atoms with Crippen molar-refractivity contribution in [2.45, 2.75) is 0 Å². The molecule has 0 radical (unpaired) electrons. The zero-order chi connectivity index (χ0) is 41.2. The Morgan fingerprint density at radius 3 is 1.54 bits per heavy atom. The zero-order valence-corrected chi connectivity index (χ0v) is 30.8. The molecule has 0 atom stereocenters. The summed E-state index contributed by atoms with van der Waals surface area (Å²) in [6, 6.07) is 64.2. The fourth-order valence-electron chi connectivity index (χ4n) is 8.11. The van der Waals surface area contributed by atoms with Gasteiger partial charge in [0, 0.05) is 44.3 Å². The molecule has 0 aliphatic heterocycles. The van der Waals surface area contributed by atoms with Gasteiger partial charge < -0.3 is 13.9 Å². The summed E-state index contributed by atoms with van der Waals surface area (Å²) in [5.74, 6) is 0. The van der Waals surface area contributed by atoms with Gasteiger partial charge in [0.05, 0.1) is 16.5 Å². The Kier molecular flexibility index (Phi) is 6.86. The highest BCUT2D eigenvalue weighted by Crippen LogP contribution is 2.39. The van der Waals surface area contributed by atoms with Crippen molar-refractivity contribution in [3.05, 3.63) is 218 Å². The topological polar surface area (TPSA) is 21.3 Å². The molecule has 2 aromatic heterocycles. The maximum absolute atomic E-state index is 9.59. The molecule has 0 aliphatic rings. The van der Waals surface area contributed by atoms with Crippen LogP contribution in [0.4, 0.5) is 17.1 Å². The molecule has 0 saturated heterocycles. The molecule has 0 fully saturated rings. The van der Waals surface area contributed by atoms with E-state index in [1.165, 1.54) is 0 Å². The van der Waals surface area contributed by atoms with Crippen molar-refractivity contribution in [3.63, 3.8) is 0 Å². The highest BCUT2D eigenvalue weighted by molar-refractivity contribution is 6.09. The second-order valence-electron chi connectivity index (χ2n) is 14.2. The van der Waals surface area contributed by atoms with Crippen molar-refractivity contribution < 1.29 is 9.90 Å². The normalized spacial score (nSPS) is 12.5. The molecule has 268 valence electrons. The average molecular weight is 733 g/mol. The van der Waals surface area contributed by atoms with Crippen molar-refractivity contribution in [1.29, 1.82) is 0 Å². The van der Waals surface area contributed by atoms with E-state index in [9.17, 15) is 5.48 Å². The molecule has 0 unspecified atom stereocenters. The molecule has 57 heavy (non-hydrogen) atoms. The van der Waals surface area contributed by atoms with Crippen LogP contribution in [0.3, 0.4) is 0 Å². The lowest BCUT2D eigenvalue weighted by Gasteiger charge is -2.26. The van der Waals surface area contributed by atoms with E-state index in [0.29, 0.717) is 16.9 Å². The average Bonchev–Trinajstić information content (AvgIpc) is 3.86. The van der Waals surface area contributed by atoms with E-state index in [4.69, 9.17) is 4.42 Å². The van der Waals surface area contributed by atoms with Crippen molar-refractivity contribution in [3.8, 4) is 39.1 Å². The Labute approximate surface area is 336 Å². The van der Waals surface area contributed by atoms with Crippen molar-refractivity contribution in [1.82, 2.24) is 4.57 Å². The highest BCUT2D eigenvalue weighted by atomic mass is 16.3. The smallest absolute Gasteiger partial charge is 0.136 e. The molecule has 2 heterocycles. The third-order valence-corrected chi connectivity index (χ3v) is 10.9. The molecule has 0 spiro atoms. The minimum Gasteiger partial charge on any atom is -0.456 e. The fourth-order valence-corrected chi connectivity index (χ4v) is 8.11. The molecular formula is C54H36N2O. The molecule has 0 amide bonds. The zero-order valence-electron chi connectivity index (χ0n) is 34.8. The van der Waals surface area contributed by atoms with Crippen LogP contribution in [0.5, 0.6) is 0 Å². The Hall–Kier alpha value is -7.62. The number of anilines is 3. The summed E-state index contributed by atoms with van der Waals surface area (Å²) < 4.78 is 46.6. The lowest BCUT2D eigenvalue weighted by Crippen LogP contribution is -2.09. The van der Waals surface area contributed by atoms with Gasteiger partial charge in [0.1, 0.15) is 11.2 Å². The lowest BCUT2D eigenvalue weighted by atomic mass is 10.0. The Balaban J connectivity index is 1.03. The number of para-hydroxylation sites is 3. The summed E-state index contributed by atoms with van der Waals surface area (Å²) in [6.07, 6.45) is 0. The molecule has 9 aromatic carbocycles. The van der Waals surface area contributed by atoms with E-state index < -0.39 is 0 Å². The lowest BCUT2D eigenvalue weighted by molar-refractivity contribution is 0.669. The summed E-state index contributed by atoms with van der Waals surface area (Å²) in [4.78, 5) is 1.83. The van der Waals surface area contributed by atoms with Crippen molar-refractivity contribution >= 4 is 60.8 Å². The fraction of sp³-hybridized carbons (Fsp3) is 0. The molecule has 0 bridgehead atoms. The second kappa shape index (κ2) is 13.6. The third-order valence-electron chi connectivity index (χ3n) is 10.9. The summed E-state index contributed by atoms with van der Waals surface area (Å²) in [5.41, 5.74) is 11.1. The number of rotatable bonds is 7. The Morgan fingerprint density at radius 1 is 0.351 bits per heavy atom. The standard InChI is InChI=1S/C54H36N2O/c1-2-11-37(12-3-1)38-21-28-43(29-22-38)55(45-32-25-40(26-33-45)42-27-34-50-49-17-6-9-20-53(49)57-54(50)36-42)44-30-23-39(24-31-44)41-13-10-14-46(35-41)56-51-18-7-4-15-47(51)48-16-5-8-19-52(48)56/h1-36H/i23D,24D,30D,31D. The summed E-state index contributed by atoms with van der Waals surface area (Å²) in [5, 5.41) is 4.41. The van der Waals surface area contributed by atoms with Gasteiger partial charge in [-0.3, -0.25) is 0 Å². The first-order chi connectivity index (χ1) is 29.9. The van der Waals surface area contributed by atoms with Crippen LogP contribution in [0.25, 0.3) is 82.8 Å². The Bertz CT molecular complexity index is 3380. The number of hydrogen-bond acceptors (Lipinski definition) is 2. The van der Waals surface area contributed by atoms with Crippen LogP contribution >= 0.6 is 0 Å². The predicted octanol–water partition coefficient (Wildman–Crippen LogP) is 15.2. The summed E-state index contributed by atoms with van der Waals surface area (Å²) >= 11 is 0. The van der Waals surface area contributed by atoms with Crippen LogP contribution in [0, 0.1) is 0 Å². The van der Waals surface area contributed by atoms with Crippen molar-refractivity contribution in [2.24, 2.45) is 0 Å². The molecule has 11 rings (SSSR count). The SMILES string of the molecule is [2H]c1c([2H])c(N(c2ccc(-c3ccccc3)cc2)c2ccc(-c3ccc4c(c3)oc3ccccc34)cc2)c([2H])c([2H])c1-c1cccc(-n2c3ccccc3c3ccccc32)c1. The van der Waals surface area contributed by atoms with Gasteiger partial charge in [-0.2, -0.15) is 0 Å². The van der Waals surface area contributed by atoms with Gasteiger partial charge in [-0.25, -0.2) is 0 Å². The van der Waals surface area contributed by atoms with Gasteiger partial charge in [-0.15, -0.1) is 0 Å². The van der Waals surface area contributed by atoms with Gasteiger partial charge >= 0.3 is 0 Å². The number of fused-ring (bicyclic) bond motifs is 6. The van der Waals surface area contributed by atoms with Gasteiger partial charge in [0.2, 0.25) is 0 Å². The summed E-state index contributed by atoms with van der Waals surface area (Å²) in [7, 11) is 0. The number of furan rings is 1. The van der Waals surface area contributed by atoms with E-state index in [-0.39, 0.29) is 35.4 Å². The minimum atomic E-state index is -0.134. The largest absolute Gasteiger partial charge is 0.456 e. The van der Waals surface area contributed by atoms with Gasteiger partial charge in [-0.05, 0) is 112 Å². The number of hydrogen-bond donors (Lipinski definition) is 0. The number of aromatic nitrogens is 1. The van der Waals surface area contributed by atoms with E-state index in [0.717, 1.165) is 71.7 Å². The van der Waals surface area contributed by atoms with Crippen LogP contribution < -0.4 is 4.90 Å². The van der Waals surface area contributed by atoms with E-state index in [1.807, 2.05) is 138 Å². The molecule has 3 heteroatoms. The first kappa shape index (κ1) is 28.8. The van der Waals surface area contributed by atoms with Crippen LogP contribution in [0.15, 0.2) is 223 Å². The van der Waals surface area contributed by atoms with E-state index >= 15 is 0 Å². The highest BCUT2D eigenvalue weighted by Gasteiger charge is 2.16. The Morgan fingerprint density at radius 2 is 0.860 bits per heavy atom. The molecule has 0 aliphatic carbocycles. The minimum absolute atomic E-state index is 0.114.